The molecule has 0 radical (unpaired) electrons. The molecule has 1 aliphatic heterocycles. The summed E-state index contributed by atoms with van der Waals surface area (Å²) in [6, 6.07) is 17.3. The Bertz CT molecular complexity index is 1130. The van der Waals surface area contributed by atoms with Gasteiger partial charge < -0.3 is 19.5 Å². The van der Waals surface area contributed by atoms with Gasteiger partial charge in [0.2, 0.25) is 11.7 Å². The van der Waals surface area contributed by atoms with Gasteiger partial charge in [-0.05, 0) is 42.8 Å². The maximum absolute atomic E-state index is 13.2. The Morgan fingerprint density at radius 3 is 2.45 bits per heavy atom. The topological polar surface area (TPSA) is 72.4 Å². The quantitative estimate of drug-likeness (QED) is 0.532. The van der Waals surface area contributed by atoms with Gasteiger partial charge in [0.1, 0.15) is 6.04 Å². The molecule has 7 heteroatoms. The van der Waals surface area contributed by atoms with Crippen molar-refractivity contribution in [1.82, 2.24) is 5.01 Å². The summed E-state index contributed by atoms with van der Waals surface area (Å²) in [5.74, 6) is 1.60. The highest BCUT2D eigenvalue weighted by Crippen LogP contribution is 2.37. The van der Waals surface area contributed by atoms with Crippen molar-refractivity contribution in [3.63, 3.8) is 0 Å². The first kappa shape index (κ1) is 22.5. The van der Waals surface area contributed by atoms with Crippen molar-refractivity contribution >= 4 is 28.6 Å². The largest absolute Gasteiger partial charge is 0.493 e. The van der Waals surface area contributed by atoms with Gasteiger partial charge in [-0.3, -0.25) is 9.80 Å². The Labute approximate surface area is 193 Å². The van der Waals surface area contributed by atoms with E-state index in [2.05, 4.69) is 10.4 Å². The number of ether oxygens (including phenoxy) is 3. The number of fused-ring (bicyclic) bond motifs is 1. The van der Waals surface area contributed by atoms with E-state index in [0.717, 1.165) is 41.3 Å². The van der Waals surface area contributed by atoms with Crippen LogP contribution in [0.5, 0.6) is 17.2 Å². The summed E-state index contributed by atoms with van der Waals surface area (Å²) >= 11 is 0. The van der Waals surface area contributed by atoms with E-state index in [1.165, 1.54) is 0 Å². The minimum Gasteiger partial charge on any atom is -0.493 e. The summed E-state index contributed by atoms with van der Waals surface area (Å²) in [6.07, 6.45) is 4.46. The van der Waals surface area contributed by atoms with Crippen molar-refractivity contribution in [2.75, 3.05) is 33.2 Å². The van der Waals surface area contributed by atoms with Crippen LogP contribution in [-0.4, -0.2) is 51.0 Å². The molecule has 1 heterocycles. The lowest BCUT2D eigenvalue weighted by atomic mass is 10.0. The van der Waals surface area contributed by atoms with Crippen molar-refractivity contribution in [1.29, 1.82) is 0 Å². The molecule has 0 saturated carbocycles. The van der Waals surface area contributed by atoms with Crippen LogP contribution in [-0.2, 0) is 4.79 Å². The Hall–Kier alpha value is -3.74. The predicted molar refractivity (Wildman–Crippen MR) is 131 cm³/mol. The highest BCUT2D eigenvalue weighted by molar-refractivity contribution is 6.03. The number of amides is 1. The summed E-state index contributed by atoms with van der Waals surface area (Å²) in [4.78, 5) is 13.2. The molecular formula is C26H29N3O4. The maximum Gasteiger partial charge on any atom is 0.248 e. The molecule has 172 valence electrons. The van der Waals surface area contributed by atoms with Gasteiger partial charge in [-0.1, -0.05) is 36.4 Å². The normalized spacial score (nSPS) is 16.1. The zero-order valence-corrected chi connectivity index (χ0v) is 19.2. The number of rotatable bonds is 7. The fraction of sp³-hybridized carbons (Fsp3) is 0.308. The lowest BCUT2D eigenvalue weighted by Crippen LogP contribution is -2.44. The third-order valence-corrected chi connectivity index (χ3v) is 5.87. The molecule has 7 nitrogen and oxygen atoms in total. The first-order valence-corrected chi connectivity index (χ1v) is 11.0. The Morgan fingerprint density at radius 1 is 1.00 bits per heavy atom. The molecule has 1 amide bonds. The second-order valence-corrected chi connectivity index (χ2v) is 7.89. The van der Waals surface area contributed by atoms with Gasteiger partial charge in [0.25, 0.3) is 0 Å². The molecule has 1 saturated heterocycles. The number of anilines is 1. The lowest BCUT2D eigenvalue weighted by Gasteiger charge is -2.32. The van der Waals surface area contributed by atoms with E-state index >= 15 is 0 Å². The molecule has 1 N–H and O–H groups in total. The van der Waals surface area contributed by atoms with E-state index < -0.39 is 0 Å². The zero-order valence-electron chi connectivity index (χ0n) is 19.2. The number of hydrogen-bond donors (Lipinski definition) is 1. The number of benzene rings is 3. The van der Waals surface area contributed by atoms with E-state index in [0.29, 0.717) is 23.8 Å². The van der Waals surface area contributed by atoms with Gasteiger partial charge in [-0.25, -0.2) is 0 Å². The Balaban J connectivity index is 1.55. The number of hydrazone groups is 1. The number of methoxy groups -OCH3 is 3. The molecule has 3 aromatic carbocycles. The number of hydrogen-bond acceptors (Lipinski definition) is 6. The molecule has 1 unspecified atom stereocenters. The van der Waals surface area contributed by atoms with E-state index in [4.69, 9.17) is 14.2 Å². The predicted octanol–water partition coefficient (Wildman–Crippen LogP) is 4.69. The van der Waals surface area contributed by atoms with Crippen molar-refractivity contribution in [3.05, 3.63) is 60.2 Å². The molecule has 0 bridgehead atoms. The third-order valence-electron chi connectivity index (χ3n) is 5.87. The first-order chi connectivity index (χ1) is 16.1. The monoisotopic (exact) mass is 447 g/mol. The number of carbonyl (C=O) groups excluding carboxylic acids is 1. The first-order valence-electron chi connectivity index (χ1n) is 11.0. The molecule has 0 aliphatic carbocycles. The van der Waals surface area contributed by atoms with Gasteiger partial charge in [0.15, 0.2) is 11.5 Å². The van der Waals surface area contributed by atoms with E-state index in [1.807, 2.05) is 59.6 Å². The standard InChI is InChI=1S/C26H29N3O4/c1-31-23-15-18(16-24(32-2)25(23)33-3)17-27-29-14-7-6-13-22(29)26(30)28-21-12-8-10-19-9-4-5-11-20(19)21/h4-5,8-12,15-17,22H,6-7,13-14H2,1-3H3,(H,28,30)/b27-17+. The average molecular weight is 448 g/mol. The number of nitrogens with zero attached hydrogens (tertiary/aromatic N) is 2. The zero-order chi connectivity index (χ0) is 23.2. The highest BCUT2D eigenvalue weighted by Gasteiger charge is 2.28. The van der Waals surface area contributed by atoms with Gasteiger partial charge in [-0.15, -0.1) is 0 Å². The van der Waals surface area contributed by atoms with Crippen LogP contribution in [0.4, 0.5) is 5.69 Å². The van der Waals surface area contributed by atoms with Crippen LogP contribution >= 0.6 is 0 Å². The smallest absolute Gasteiger partial charge is 0.248 e. The molecule has 1 fully saturated rings. The summed E-state index contributed by atoms with van der Waals surface area (Å²) in [5.41, 5.74) is 1.61. The summed E-state index contributed by atoms with van der Waals surface area (Å²) in [6.45, 7) is 0.717. The SMILES string of the molecule is COc1cc(/C=N/N2CCCCC2C(=O)Nc2cccc3ccccc23)cc(OC)c1OC. The van der Waals surface area contributed by atoms with Crippen molar-refractivity contribution in [2.24, 2.45) is 5.10 Å². The number of piperidine rings is 1. The Morgan fingerprint density at radius 2 is 1.73 bits per heavy atom. The van der Waals surface area contributed by atoms with Crippen LogP contribution in [0.15, 0.2) is 59.7 Å². The molecule has 0 aromatic heterocycles. The molecule has 4 rings (SSSR count). The molecular weight excluding hydrogens is 418 g/mol. The molecule has 33 heavy (non-hydrogen) atoms. The van der Waals surface area contributed by atoms with Crippen LogP contribution in [0.25, 0.3) is 10.8 Å². The fourth-order valence-corrected chi connectivity index (χ4v) is 4.19. The summed E-state index contributed by atoms with van der Waals surface area (Å²) in [7, 11) is 4.73. The van der Waals surface area contributed by atoms with Crippen LogP contribution < -0.4 is 19.5 Å². The van der Waals surface area contributed by atoms with E-state index in [-0.39, 0.29) is 11.9 Å². The molecule has 1 atom stereocenters. The fourth-order valence-electron chi connectivity index (χ4n) is 4.19. The summed E-state index contributed by atoms with van der Waals surface area (Å²) < 4.78 is 16.2. The number of carbonyl (C=O) groups is 1. The highest BCUT2D eigenvalue weighted by atomic mass is 16.5. The van der Waals surface area contributed by atoms with E-state index in [1.54, 1.807) is 27.5 Å². The minimum absolute atomic E-state index is 0.0481. The van der Waals surface area contributed by atoms with Gasteiger partial charge in [-0.2, -0.15) is 5.10 Å². The average Bonchev–Trinajstić information content (AvgIpc) is 2.87. The third kappa shape index (κ3) is 4.87. The van der Waals surface area contributed by atoms with Gasteiger partial charge in [0, 0.05) is 23.2 Å². The second-order valence-electron chi connectivity index (χ2n) is 7.89. The van der Waals surface area contributed by atoms with Crippen LogP contribution in [0.3, 0.4) is 0 Å². The minimum atomic E-state index is -0.337. The van der Waals surface area contributed by atoms with Crippen LogP contribution in [0.2, 0.25) is 0 Å². The van der Waals surface area contributed by atoms with Crippen molar-refractivity contribution in [3.8, 4) is 17.2 Å². The molecule has 0 spiro atoms. The lowest BCUT2D eigenvalue weighted by molar-refractivity contribution is -0.122. The van der Waals surface area contributed by atoms with Crippen molar-refractivity contribution in [2.45, 2.75) is 25.3 Å². The Kier molecular flexibility index (Phi) is 6.98. The van der Waals surface area contributed by atoms with Crippen LogP contribution in [0, 0.1) is 0 Å². The number of nitrogens with one attached hydrogen (secondary N) is 1. The molecule has 3 aromatic rings. The second kappa shape index (κ2) is 10.3. The van der Waals surface area contributed by atoms with E-state index in [9.17, 15) is 4.79 Å². The van der Waals surface area contributed by atoms with Crippen molar-refractivity contribution < 1.29 is 19.0 Å². The van der Waals surface area contributed by atoms with Gasteiger partial charge >= 0.3 is 0 Å². The molecule has 1 aliphatic rings. The van der Waals surface area contributed by atoms with Crippen LogP contribution in [0.1, 0.15) is 24.8 Å². The summed E-state index contributed by atoms with van der Waals surface area (Å²) in [5, 5.41) is 11.8. The maximum atomic E-state index is 13.2. The van der Waals surface area contributed by atoms with Gasteiger partial charge in [0.05, 0.1) is 27.5 Å².